The predicted molar refractivity (Wildman–Crippen MR) is 75.2 cm³/mol. The lowest BCUT2D eigenvalue weighted by Gasteiger charge is -2.32. The number of nitrogens with zero attached hydrogens (tertiary/aromatic N) is 2. The van der Waals surface area contributed by atoms with Gasteiger partial charge in [-0.25, -0.2) is 0 Å². The van der Waals surface area contributed by atoms with Crippen LogP contribution in [-0.4, -0.2) is 56.2 Å². The molecule has 0 bridgehead atoms. The topological polar surface area (TPSA) is 15.7 Å². The first-order valence-electron chi connectivity index (χ1n) is 6.84. The summed E-state index contributed by atoms with van der Waals surface area (Å²) in [6.45, 7) is 8.84. The second-order valence-electron chi connectivity index (χ2n) is 5.16. The van der Waals surface area contributed by atoms with Crippen LogP contribution in [0.25, 0.3) is 0 Å². The Morgan fingerprint density at radius 3 is 2.39 bits per heavy atom. The standard InChI is InChI=1S/C15H24N2O/c1-14-4-6-15(7-5-14)18-13-3-8-17-11-9-16(2)10-12-17/h4-7H,3,8-13H2,1-2H3. The first kappa shape index (κ1) is 13.4. The van der Waals surface area contributed by atoms with Crippen molar-refractivity contribution in [2.45, 2.75) is 13.3 Å². The van der Waals surface area contributed by atoms with Gasteiger partial charge in [0.05, 0.1) is 6.61 Å². The van der Waals surface area contributed by atoms with Crippen LogP contribution >= 0.6 is 0 Å². The summed E-state index contributed by atoms with van der Waals surface area (Å²) in [5.74, 6) is 0.985. The molecule has 1 heterocycles. The molecule has 0 saturated carbocycles. The van der Waals surface area contributed by atoms with Gasteiger partial charge >= 0.3 is 0 Å². The van der Waals surface area contributed by atoms with Crippen LogP contribution < -0.4 is 4.74 Å². The van der Waals surface area contributed by atoms with Crippen LogP contribution in [-0.2, 0) is 0 Å². The van der Waals surface area contributed by atoms with E-state index in [-0.39, 0.29) is 0 Å². The highest BCUT2D eigenvalue weighted by Crippen LogP contribution is 2.11. The van der Waals surface area contributed by atoms with Crippen LogP contribution in [0.3, 0.4) is 0 Å². The van der Waals surface area contributed by atoms with E-state index in [4.69, 9.17) is 4.74 Å². The van der Waals surface area contributed by atoms with E-state index in [2.05, 4.69) is 35.9 Å². The van der Waals surface area contributed by atoms with E-state index >= 15 is 0 Å². The highest BCUT2D eigenvalue weighted by Gasteiger charge is 2.12. The fourth-order valence-electron chi connectivity index (χ4n) is 2.18. The fourth-order valence-corrected chi connectivity index (χ4v) is 2.18. The molecule has 3 nitrogen and oxygen atoms in total. The molecule has 1 saturated heterocycles. The molecule has 18 heavy (non-hydrogen) atoms. The van der Waals surface area contributed by atoms with Crippen LogP contribution in [0.5, 0.6) is 5.75 Å². The lowest BCUT2D eigenvalue weighted by molar-refractivity contribution is 0.145. The second-order valence-corrected chi connectivity index (χ2v) is 5.16. The minimum Gasteiger partial charge on any atom is -0.494 e. The van der Waals surface area contributed by atoms with Crippen molar-refractivity contribution in [3.8, 4) is 5.75 Å². The van der Waals surface area contributed by atoms with Gasteiger partial charge < -0.3 is 14.5 Å². The smallest absolute Gasteiger partial charge is 0.119 e. The Bertz CT molecular complexity index is 342. The van der Waals surface area contributed by atoms with Crippen molar-refractivity contribution < 1.29 is 4.74 Å². The predicted octanol–water partition coefficient (Wildman–Crippen LogP) is 2.01. The number of hydrogen-bond acceptors (Lipinski definition) is 3. The van der Waals surface area contributed by atoms with E-state index in [1.54, 1.807) is 0 Å². The summed E-state index contributed by atoms with van der Waals surface area (Å²) >= 11 is 0. The Morgan fingerprint density at radius 2 is 1.72 bits per heavy atom. The van der Waals surface area contributed by atoms with Crippen molar-refractivity contribution >= 4 is 0 Å². The van der Waals surface area contributed by atoms with Gasteiger partial charge in [-0.1, -0.05) is 17.7 Å². The molecular formula is C15H24N2O. The van der Waals surface area contributed by atoms with Crippen LogP contribution in [0, 0.1) is 6.92 Å². The molecule has 0 radical (unpaired) electrons. The van der Waals surface area contributed by atoms with Gasteiger partial charge in [0.2, 0.25) is 0 Å². The summed E-state index contributed by atoms with van der Waals surface area (Å²) in [5.41, 5.74) is 1.28. The zero-order valence-electron chi connectivity index (χ0n) is 11.6. The highest BCUT2D eigenvalue weighted by molar-refractivity contribution is 5.26. The normalized spacial score (nSPS) is 17.9. The number of rotatable bonds is 5. The third kappa shape index (κ3) is 4.31. The minimum atomic E-state index is 0.815. The molecular weight excluding hydrogens is 224 g/mol. The van der Waals surface area contributed by atoms with Crippen molar-refractivity contribution in [3.63, 3.8) is 0 Å². The molecule has 1 fully saturated rings. The molecule has 1 aromatic carbocycles. The largest absolute Gasteiger partial charge is 0.494 e. The van der Waals surface area contributed by atoms with Crippen LogP contribution in [0.1, 0.15) is 12.0 Å². The Balaban J connectivity index is 1.60. The van der Waals surface area contributed by atoms with Gasteiger partial charge in [-0.2, -0.15) is 0 Å². The molecule has 2 rings (SSSR count). The van der Waals surface area contributed by atoms with Gasteiger partial charge in [-0.3, -0.25) is 0 Å². The van der Waals surface area contributed by atoms with Crippen LogP contribution in [0.4, 0.5) is 0 Å². The second kappa shape index (κ2) is 6.76. The number of piperazine rings is 1. The maximum atomic E-state index is 5.74. The van der Waals surface area contributed by atoms with Crippen molar-refractivity contribution in [1.82, 2.24) is 9.80 Å². The molecule has 1 aliphatic rings. The van der Waals surface area contributed by atoms with E-state index in [0.29, 0.717) is 0 Å². The van der Waals surface area contributed by atoms with Gasteiger partial charge in [0, 0.05) is 32.7 Å². The van der Waals surface area contributed by atoms with Crippen LogP contribution in [0.15, 0.2) is 24.3 Å². The van der Waals surface area contributed by atoms with E-state index in [1.165, 1.54) is 31.7 Å². The Labute approximate surface area is 110 Å². The quantitative estimate of drug-likeness (QED) is 0.741. The van der Waals surface area contributed by atoms with Gasteiger partial charge in [-0.15, -0.1) is 0 Å². The monoisotopic (exact) mass is 248 g/mol. The zero-order chi connectivity index (χ0) is 12.8. The molecule has 0 amide bonds. The highest BCUT2D eigenvalue weighted by atomic mass is 16.5. The third-order valence-electron chi connectivity index (χ3n) is 3.50. The molecule has 1 aliphatic heterocycles. The SMILES string of the molecule is Cc1ccc(OCCCN2CCN(C)CC2)cc1. The number of ether oxygens (including phenoxy) is 1. The first-order chi connectivity index (χ1) is 8.74. The average Bonchev–Trinajstić information content (AvgIpc) is 2.39. The van der Waals surface area contributed by atoms with E-state index in [0.717, 1.165) is 25.3 Å². The summed E-state index contributed by atoms with van der Waals surface area (Å²) in [4.78, 5) is 4.91. The third-order valence-corrected chi connectivity index (χ3v) is 3.50. The molecule has 1 aromatic rings. The Morgan fingerprint density at radius 1 is 1.06 bits per heavy atom. The van der Waals surface area contributed by atoms with E-state index in [1.807, 2.05) is 12.1 Å². The molecule has 0 aromatic heterocycles. The van der Waals surface area contributed by atoms with Gasteiger partial charge in [-0.05, 0) is 32.5 Å². The average molecular weight is 248 g/mol. The first-order valence-corrected chi connectivity index (χ1v) is 6.84. The van der Waals surface area contributed by atoms with Crippen molar-refractivity contribution in [3.05, 3.63) is 29.8 Å². The summed E-state index contributed by atoms with van der Waals surface area (Å²) in [5, 5.41) is 0. The van der Waals surface area contributed by atoms with Gasteiger partial charge in [0.25, 0.3) is 0 Å². The van der Waals surface area contributed by atoms with Crippen molar-refractivity contribution in [1.29, 1.82) is 0 Å². The lowest BCUT2D eigenvalue weighted by atomic mass is 10.2. The summed E-state index contributed by atoms with van der Waals surface area (Å²) in [6, 6.07) is 8.28. The van der Waals surface area contributed by atoms with Gasteiger partial charge in [0.15, 0.2) is 0 Å². The number of likely N-dealkylation sites (N-methyl/N-ethyl adjacent to an activating group) is 1. The molecule has 3 heteroatoms. The zero-order valence-corrected chi connectivity index (χ0v) is 11.6. The molecule has 0 N–H and O–H groups in total. The van der Waals surface area contributed by atoms with Crippen molar-refractivity contribution in [2.24, 2.45) is 0 Å². The summed E-state index contributed by atoms with van der Waals surface area (Å²) in [6.07, 6.45) is 1.11. The lowest BCUT2D eigenvalue weighted by Crippen LogP contribution is -2.44. The summed E-state index contributed by atoms with van der Waals surface area (Å²) < 4.78 is 5.74. The number of benzene rings is 1. The van der Waals surface area contributed by atoms with Crippen molar-refractivity contribution in [2.75, 3.05) is 46.4 Å². The summed E-state index contributed by atoms with van der Waals surface area (Å²) in [7, 11) is 2.19. The Hall–Kier alpha value is -1.06. The molecule has 0 aliphatic carbocycles. The fraction of sp³-hybridized carbons (Fsp3) is 0.600. The molecule has 0 spiro atoms. The molecule has 0 unspecified atom stereocenters. The minimum absolute atomic E-state index is 0.815. The van der Waals surface area contributed by atoms with E-state index in [9.17, 15) is 0 Å². The number of aryl methyl sites for hydroxylation is 1. The van der Waals surface area contributed by atoms with Crippen LogP contribution in [0.2, 0.25) is 0 Å². The number of hydrogen-bond donors (Lipinski definition) is 0. The van der Waals surface area contributed by atoms with E-state index < -0.39 is 0 Å². The Kier molecular flexibility index (Phi) is 5.02. The maximum Gasteiger partial charge on any atom is 0.119 e. The van der Waals surface area contributed by atoms with Gasteiger partial charge in [0.1, 0.15) is 5.75 Å². The molecule has 0 atom stereocenters. The maximum absolute atomic E-state index is 5.74. The molecule has 100 valence electrons.